The van der Waals surface area contributed by atoms with Gasteiger partial charge in [-0.05, 0) is 37.8 Å². The Morgan fingerprint density at radius 3 is 3.00 bits per heavy atom. The first-order valence-corrected chi connectivity index (χ1v) is 8.90. The van der Waals surface area contributed by atoms with E-state index in [2.05, 4.69) is 15.1 Å². The summed E-state index contributed by atoms with van der Waals surface area (Å²) < 4.78 is 1.76. The third-order valence-electron chi connectivity index (χ3n) is 3.17. The number of thiophene rings is 1. The van der Waals surface area contributed by atoms with Gasteiger partial charge in [-0.2, -0.15) is 4.98 Å². The van der Waals surface area contributed by atoms with Crippen LogP contribution in [0.3, 0.4) is 0 Å². The van der Waals surface area contributed by atoms with Crippen LogP contribution in [0.15, 0.2) is 28.7 Å². The van der Waals surface area contributed by atoms with Gasteiger partial charge < -0.3 is 0 Å². The minimum atomic E-state index is 0.215. The van der Waals surface area contributed by atoms with Gasteiger partial charge in [-0.25, -0.2) is 9.50 Å². The number of carbonyl (C=O) groups excluding carboxylic acids is 1. The molecule has 3 rings (SSSR count). The molecule has 0 saturated heterocycles. The van der Waals surface area contributed by atoms with Crippen LogP contribution < -0.4 is 0 Å². The van der Waals surface area contributed by atoms with E-state index in [-0.39, 0.29) is 5.78 Å². The van der Waals surface area contributed by atoms with E-state index >= 15 is 0 Å². The molecule has 0 aliphatic carbocycles. The lowest BCUT2D eigenvalue weighted by Gasteiger charge is -1.97. The smallest absolute Gasteiger partial charge is 0.253 e. The molecule has 0 N–H and O–H groups in total. The molecule has 0 radical (unpaired) electrons. The number of aryl methyl sites for hydroxylation is 2. The number of rotatable bonds is 6. The van der Waals surface area contributed by atoms with Crippen molar-refractivity contribution in [2.45, 2.75) is 31.8 Å². The van der Waals surface area contributed by atoms with E-state index in [0.717, 1.165) is 28.4 Å². The Morgan fingerprint density at radius 2 is 2.23 bits per heavy atom. The van der Waals surface area contributed by atoms with E-state index in [9.17, 15) is 4.79 Å². The third-order valence-corrected chi connectivity index (χ3v) is 5.01. The van der Waals surface area contributed by atoms with Crippen molar-refractivity contribution in [3.8, 4) is 0 Å². The van der Waals surface area contributed by atoms with E-state index in [1.54, 1.807) is 16.3 Å². The lowest BCUT2D eigenvalue weighted by atomic mass is 10.2. The zero-order valence-corrected chi connectivity index (χ0v) is 14.1. The molecule has 3 heterocycles. The summed E-state index contributed by atoms with van der Waals surface area (Å²) in [4.78, 5) is 21.5. The van der Waals surface area contributed by atoms with Crippen LogP contribution in [-0.4, -0.2) is 31.1 Å². The average Bonchev–Trinajstić information content (AvgIpc) is 3.12. The van der Waals surface area contributed by atoms with Crippen molar-refractivity contribution in [1.29, 1.82) is 0 Å². The zero-order chi connectivity index (χ0) is 15.5. The van der Waals surface area contributed by atoms with E-state index in [4.69, 9.17) is 0 Å². The average molecular weight is 332 g/mol. The number of thioether (sulfide) groups is 1. The van der Waals surface area contributed by atoms with Gasteiger partial charge in [0.1, 0.15) is 0 Å². The van der Waals surface area contributed by atoms with Crippen molar-refractivity contribution in [3.05, 3.63) is 39.8 Å². The second kappa shape index (κ2) is 6.58. The summed E-state index contributed by atoms with van der Waals surface area (Å²) in [6.45, 7) is 3.94. The van der Waals surface area contributed by atoms with Gasteiger partial charge in [-0.1, -0.05) is 17.8 Å². The SMILES string of the molecule is Cc1cc(C)n2nc(SCCCC(=O)c3cccs3)nc2n1. The summed E-state index contributed by atoms with van der Waals surface area (Å²) in [5.74, 6) is 1.67. The Hall–Kier alpha value is -1.73. The molecule has 22 heavy (non-hydrogen) atoms. The van der Waals surface area contributed by atoms with Crippen molar-refractivity contribution < 1.29 is 4.79 Å². The summed E-state index contributed by atoms with van der Waals surface area (Å²) in [6.07, 6.45) is 1.39. The summed E-state index contributed by atoms with van der Waals surface area (Å²) in [7, 11) is 0. The maximum Gasteiger partial charge on any atom is 0.253 e. The monoisotopic (exact) mass is 332 g/mol. The van der Waals surface area contributed by atoms with Gasteiger partial charge in [-0.15, -0.1) is 16.4 Å². The fourth-order valence-corrected chi connectivity index (χ4v) is 3.62. The molecule has 0 unspecified atom stereocenters. The number of hydrogen-bond acceptors (Lipinski definition) is 6. The number of nitrogens with zero attached hydrogens (tertiary/aromatic N) is 4. The molecule has 3 aromatic heterocycles. The zero-order valence-electron chi connectivity index (χ0n) is 12.4. The van der Waals surface area contributed by atoms with Gasteiger partial charge in [0, 0.05) is 23.6 Å². The number of fused-ring (bicyclic) bond motifs is 1. The van der Waals surface area contributed by atoms with Gasteiger partial charge in [-0.3, -0.25) is 4.79 Å². The van der Waals surface area contributed by atoms with Crippen molar-refractivity contribution in [2.75, 3.05) is 5.75 Å². The first-order chi connectivity index (χ1) is 10.6. The van der Waals surface area contributed by atoms with Crippen molar-refractivity contribution >= 4 is 34.7 Å². The molecule has 0 spiro atoms. The Bertz CT molecular complexity index is 795. The molecule has 0 aliphatic rings. The Labute approximate surface area is 136 Å². The van der Waals surface area contributed by atoms with Crippen LogP contribution in [0.1, 0.15) is 33.9 Å². The molecular formula is C15H16N4OS2. The topological polar surface area (TPSA) is 60.2 Å². The number of carbonyl (C=O) groups is 1. The highest BCUT2D eigenvalue weighted by Crippen LogP contribution is 2.18. The second-order valence-electron chi connectivity index (χ2n) is 5.00. The van der Waals surface area contributed by atoms with Gasteiger partial charge in [0.25, 0.3) is 5.78 Å². The second-order valence-corrected chi connectivity index (χ2v) is 7.01. The lowest BCUT2D eigenvalue weighted by Crippen LogP contribution is -1.97. The maximum atomic E-state index is 11.9. The first kappa shape index (κ1) is 15.2. The molecule has 0 saturated carbocycles. The van der Waals surface area contributed by atoms with Crippen LogP contribution in [0.4, 0.5) is 0 Å². The lowest BCUT2D eigenvalue weighted by molar-refractivity contribution is 0.0986. The van der Waals surface area contributed by atoms with E-state index in [0.29, 0.717) is 17.4 Å². The van der Waals surface area contributed by atoms with Crippen LogP contribution in [0.25, 0.3) is 5.78 Å². The predicted octanol–water partition coefficient (Wildman–Crippen LogP) is 3.56. The fraction of sp³-hybridized carbons (Fsp3) is 0.333. The molecule has 7 heteroatoms. The molecule has 3 aromatic rings. The Morgan fingerprint density at radius 1 is 1.36 bits per heavy atom. The predicted molar refractivity (Wildman–Crippen MR) is 88.9 cm³/mol. The van der Waals surface area contributed by atoms with Crippen LogP contribution >= 0.6 is 23.1 Å². The number of aromatic nitrogens is 4. The number of Topliss-reactive ketones (excluding diaryl/α,β-unsaturated/α-hetero) is 1. The first-order valence-electron chi connectivity index (χ1n) is 7.04. The highest BCUT2D eigenvalue weighted by molar-refractivity contribution is 7.99. The largest absolute Gasteiger partial charge is 0.293 e. The van der Waals surface area contributed by atoms with Gasteiger partial charge in [0.15, 0.2) is 5.78 Å². The van der Waals surface area contributed by atoms with Crippen LogP contribution in [-0.2, 0) is 0 Å². The quantitative estimate of drug-likeness (QED) is 0.392. The van der Waals surface area contributed by atoms with Crippen molar-refractivity contribution in [2.24, 2.45) is 0 Å². The molecule has 0 aliphatic heterocycles. The number of hydrogen-bond donors (Lipinski definition) is 0. The van der Waals surface area contributed by atoms with Crippen LogP contribution in [0, 0.1) is 13.8 Å². The molecule has 5 nitrogen and oxygen atoms in total. The number of ketones is 1. The molecule has 0 atom stereocenters. The molecule has 114 valence electrons. The summed E-state index contributed by atoms with van der Waals surface area (Å²) >= 11 is 3.07. The van der Waals surface area contributed by atoms with E-state index < -0.39 is 0 Å². The van der Waals surface area contributed by atoms with Crippen LogP contribution in [0.2, 0.25) is 0 Å². The molecule has 0 aromatic carbocycles. The fourth-order valence-electron chi connectivity index (χ4n) is 2.17. The van der Waals surface area contributed by atoms with E-state index in [1.165, 1.54) is 11.3 Å². The van der Waals surface area contributed by atoms with Crippen molar-refractivity contribution in [1.82, 2.24) is 19.6 Å². The molecule has 0 fully saturated rings. The van der Waals surface area contributed by atoms with Crippen LogP contribution in [0.5, 0.6) is 0 Å². The Kier molecular flexibility index (Phi) is 4.54. The van der Waals surface area contributed by atoms with Crippen molar-refractivity contribution in [3.63, 3.8) is 0 Å². The minimum absolute atomic E-state index is 0.215. The maximum absolute atomic E-state index is 11.9. The summed E-state index contributed by atoms with van der Waals surface area (Å²) in [5, 5.41) is 7.09. The van der Waals surface area contributed by atoms with E-state index in [1.807, 2.05) is 37.4 Å². The standard InChI is InChI=1S/C15H16N4OS2/c1-10-9-11(2)19-14(16-10)17-15(18-19)22-8-3-5-12(20)13-6-4-7-21-13/h4,6-7,9H,3,5,8H2,1-2H3. The summed E-state index contributed by atoms with van der Waals surface area (Å²) in [5.41, 5.74) is 1.96. The Balaban J connectivity index is 1.56. The molecule has 0 amide bonds. The normalized spacial score (nSPS) is 11.2. The van der Waals surface area contributed by atoms with Gasteiger partial charge in [0.05, 0.1) is 4.88 Å². The summed E-state index contributed by atoms with van der Waals surface area (Å²) in [6, 6.07) is 5.76. The van der Waals surface area contributed by atoms with Gasteiger partial charge in [0.2, 0.25) is 5.16 Å². The molecule has 0 bridgehead atoms. The highest BCUT2D eigenvalue weighted by atomic mass is 32.2. The third kappa shape index (κ3) is 3.36. The highest BCUT2D eigenvalue weighted by Gasteiger charge is 2.09. The van der Waals surface area contributed by atoms with Gasteiger partial charge >= 0.3 is 0 Å². The minimum Gasteiger partial charge on any atom is -0.293 e. The molecular weight excluding hydrogens is 316 g/mol.